The van der Waals surface area contributed by atoms with Gasteiger partial charge >= 0.3 is 0 Å². The van der Waals surface area contributed by atoms with Crippen molar-refractivity contribution in [1.29, 1.82) is 0 Å². The van der Waals surface area contributed by atoms with Gasteiger partial charge in [0.2, 0.25) is 0 Å². The highest BCUT2D eigenvalue weighted by Gasteiger charge is 2.19. The molecule has 0 saturated heterocycles. The largest absolute Gasteiger partial charge is 0.306 e. The van der Waals surface area contributed by atoms with Crippen LogP contribution in [0.1, 0.15) is 24.1 Å². The van der Waals surface area contributed by atoms with E-state index in [2.05, 4.69) is 67.3 Å². The summed E-state index contributed by atoms with van der Waals surface area (Å²) in [6.07, 6.45) is 1.97. The molecule has 2 heterocycles. The topological polar surface area (TPSA) is 24.9 Å². The van der Waals surface area contributed by atoms with Crippen LogP contribution in [0.5, 0.6) is 0 Å². The number of hydrogen-bond donors (Lipinski definition) is 1. The van der Waals surface area contributed by atoms with Crippen LogP contribution in [-0.2, 0) is 0 Å². The molecule has 1 N–H and O–H groups in total. The van der Waals surface area contributed by atoms with Crippen LogP contribution >= 0.6 is 43.2 Å². The third-order valence-electron chi connectivity index (χ3n) is 3.35. The van der Waals surface area contributed by atoms with Crippen LogP contribution < -0.4 is 5.32 Å². The summed E-state index contributed by atoms with van der Waals surface area (Å²) in [4.78, 5) is 4.58. The van der Waals surface area contributed by atoms with Crippen molar-refractivity contribution in [3.05, 3.63) is 61.3 Å². The highest BCUT2D eigenvalue weighted by Crippen LogP contribution is 2.38. The van der Waals surface area contributed by atoms with Crippen molar-refractivity contribution in [2.75, 3.05) is 6.54 Å². The predicted octanol–water partition coefficient (Wildman–Crippen LogP) is 5.52. The van der Waals surface area contributed by atoms with Gasteiger partial charge in [0.25, 0.3) is 0 Å². The minimum Gasteiger partial charge on any atom is -0.306 e. The number of para-hydroxylation sites is 1. The molecule has 0 aliphatic rings. The maximum Gasteiger partial charge on any atom is 0.0761 e. The van der Waals surface area contributed by atoms with E-state index in [-0.39, 0.29) is 6.04 Å². The Bertz CT molecular complexity index is 770. The maximum absolute atomic E-state index is 4.58. The van der Waals surface area contributed by atoms with Gasteiger partial charge in [-0.2, -0.15) is 0 Å². The Balaban J connectivity index is 2.08. The number of rotatable bonds is 4. The molecule has 0 radical (unpaired) electrons. The number of thiophene rings is 1. The van der Waals surface area contributed by atoms with E-state index in [0.29, 0.717) is 0 Å². The first-order valence-electron chi connectivity index (χ1n) is 6.72. The zero-order chi connectivity index (χ0) is 14.8. The van der Waals surface area contributed by atoms with Gasteiger partial charge in [-0.15, -0.1) is 11.3 Å². The van der Waals surface area contributed by atoms with Gasteiger partial charge in [0.05, 0.1) is 19.1 Å². The molecule has 3 aromatic rings. The lowest BCUT2D eigenvalue weighted by molar-refractivity contribution is 0.629. The molecular weight excluding hydrogens is 412 g/mol. The molecule has 1 atom stereocenters. The molecule has 0 bridgehead atoms. The molecule has 2 nitrogen and oxygen atoms in total. The molecule has 108 valence electrons. The van der Waals surface area contributed by atoms with Gasteiger partial charge in [-0.25, -0.2) is 0 Å². The quantitative estimate of drug-likeness (QED) is 0.595. The highest BCUT2D eigenvalue weighted by atomic mass is 79.9. The standard InChI is InChI=1S/C16H14Br2N2S/c1-2-19-15(12-8-14(17)21-16(12)18)11-7-10-5-3-4-6-13(10)20-9-11/h3-9,15,19H,2H2,1H3. The van der Waals surface area contributed by atoms with E-state index in [0.717, 1.165) is 19.6 Å². The molecule has 0 amide bonds. The van der Waals surface area contributed by atoms with Crippen LogP contribution in [0.2, 0.25) is 0 Å². The van der Waals surface area contributed by atoms with Crippen molar-refractivity contribution >= 4 is 54.1 Å². The number of nitrogens with zero attached hydrogens (tertiary/aromatic N) is 1. The van der Waals surface area contributed by atoms with Crippen molar-refractivity contribution in [2.24, 2.45) is 0 Å². The molecule has 0 aliphatic carbocycles. The van der Waals surface area contributed by atoms with Crippen LogP contribution in [0.3, 0.4) is 0 Å². The Morgan fingerprint density at radius 1 is 1.24 bits per heavy atom. The first-order chi connectivity index (χ1) is 10.2. The van der Waals surface area contributed by atoms with E-state index < -0.39 is 0 Å². The maximum atomic E-state index is 4.58. The fourth-order valence-corrected chi connectivity index (χ4v) is 5.31. The zero-order valence-corrected chi connectivity index (χ0v) is 15.4. The fraction of sp³-hybridized carbons (Fsp3) is 0.188. The number of aromatic nitrogens is 1. The number of pyridine rings is 1. The second kappa shape index (κ2) is 6.57. The zero-order valence-electron chi connectivity index (χ0n) is 11.4. The number of benzene rings is 1. The lowest BCUT2D eigenvalue weighted by atomic mass is 10.0. The summed E-state index contributed by atoms with van der Waals surface area (Å²) in [6, 6.07) is 12.7. The van der Waals surface area contributed by atoms with Gasteiger partial charge in [-0.05, 0) is 67.7 Å². The summed E-state index contributed by atoms with van der Waals surface area (Å²) >= 11 is 8.92. The Kier molecular flexibility index (Phi) is 4.74. The Labute approximate surface area is 144 Å². The van der Waals surface area contributed by atoms with Crippen molar-refractivity contribution in [1.82, 2.24) is 10.3 Å². The Morgan fingerprint density at radius 3 is 2.76 bits per heavy atom. The van der Waals surface area contributed by atoms with Gasteiger partial charge in [-0.3, -0.25) is 4.98 Å². The Morgan fingerprint density at radius 2 is 2.05 bits per heavy atom. The molecule has 0 spiro atoms. The van der Waals surface area contributed by atoms with Gasteiger partial charge < -0.3 is 5.32 Å². The summed E-state index contributed by atoms with van der Waals surface area (Å²) in [5.74, 6) is 0. The SMILES string of the molecule is CCNC(c1cnc2ccccc2c1)c1cc(Br)sc1Br. The molecule has 3 rings (SSSR count). The molecule has 21 heavy (non-hydrogen) atoms. The minimum absolute atomic E-state index is 0.143. The fourth-order valence-electron chi connectivity index (χ4n) is 2.41. The van der Waals surface area contributed by atoms with Gasteiger partial charge in [0.15, 0.2) is 0 Å². The molecule has 1 unspecified atom stereocenters. The van der Waals surface area contributed by atoms with Crippen molar-refractivity contribution in [3.63, 3.8) is 0 Å². The van der Waals surface area contributed by atoms with E-state index in [1.807, 2.05) is 24.4 Å². The van der Waals surface area contributed by atoms with E-state index in [9.17, 15) is 0 Å². The first-order valence-corrected chi connectivity index (χ1v) is 9.12. The second-order valence-electron chi connectivity index (χ2n) is 4.73. The number of halogens is 2. The number of nitrogens with one attached hydrogen (secondary N) is 1. The molecule has 1 aromatic carbocycles. The first kappa shape index (κ1) is 15.2. The highest BCUT2D eigenvalue weighted by molar-refractivity contribution is 9.12. The van der Waals surface area contributed by atoms with Crippen LogP contribution in [-0.4, -0.2) is 11.5 Å². The Hall–Kier alpha value is -0.750. The summed E-state index contributed by atoms with van der Waals surface area (Å²) in [6.45, 7) is 3.02. The average Bonchev–Trinajstić information content (AvgIpc) is 2.83. The summed E-state index contributed by atoms with van der Waals surface area (Å²) in [5, 5.41) is 4.72. The molecule has 0 aliphatic heterocycles. The predicted molar refractivity (Wildman–Crippen MR) is 97.0 cm³/mol. The number of fused-ring (bicyclic) bond motifs is 1. The monoisotopic (exact) mass is 424 g/mol. The second-order valence-corrected chi connectivity index (χ2v) is 8.48. The molecule has 0 fully saturated rings. The molecule has 0 saturated carbocycles. The van der Waals surface area contributed by atoms with Crippen LogP contribution in [0.4, 0.5) is 0 Å². The molecular formula is C16H14Br2N2S. The van der Waals surface area contributed by atoms with Gasteiger partial charge in [-0.1, -0.05) is 25.1 Å². The lowest BCUT2D eigenvalue weighted by Gasteiger charge is -2.18. The normalized spacial score (nSPS) is 12.7. The van der Waals surface area contributed by atoms with Crippen molar-refractivity contribution < 1.29 is 0 Å². The van der Waals surface area contributed by atoms with Crippen molar-refractivity contribution in [3.8, 4) is 0 Å². The molecule has 5 heteroatoms. The van der Waals surface area contributed by atoms with Gasteiger partial charge in [0.1, 0.15) is 0 Å². The van der Waals surface area contributed by atoms with Crippen LogP contribution in [0, 0.1) is 0 Å². The lowest BCUT2D eigenvalue weighted by Crippen LogP contribution is -2.22. The van der Waals surface area contributed by atoms with Gasteiger partial charge in [0, 0.05) is 11.6 Å². The van der Waals surface area contributed by atoms with E-state index >= 15 is 0 Å². The van der Waals surface area contributed by atoms with Crippen molar-refractivity contribution in [2.45, 2.75) is 13.0 Å². The third-order valence-corrected chi connectivity index (χ3v) is 5.73. The third kappa shape index (κ3) is 3.21. The average molecular weight is 426 g/mol. The number of hydrogen-bond acceptors (Lipinski definition) is 3. The van der Waals surface area contributed by atoms with Crippen LogP contribution in [0.15, 0.2) is 50.2 Å². The van der Waals surface area contributed by atoms with E-state index in [4.69, 9.17) is 0 Å². The van der Waals surface area contributed by atoms with Crippen LogP contribution in [0.25, 0.3) is 10.9 Å². The van der Waals surface area contributed by atoms with E-state index in [1.54, 1.807) is 11.3 Å². The summed E-state index contributed by atoms with van der Waals surface area (Å²) in [5.41, 5.74) is 3.45. The smallest absolute Gasteiger partial charge is 0.0761 e. The minimum atomic E-state index is 0.143. The van der Waals surface area contributed by atoms with E-state index in [1.165, 1.54) is 16.5 Å². The summed E-state index contributed by atoms with van der Waals surface area (Å²) < 4.78 is 2.27. The summed E-state index contributed by atoms with van der Waals surface area (Å²) in [7, 11) is 0. The molecule has 2 aromatic heterocycles.